The maximum atomic E-state index is 4.50. The molecule has 0 spiro atoms. The molecule has 0 atom stereocenters. The summed E-state index contributed by atoms with van der Waals surface area (Å²) in [6, 6.07) is 29.9. The predicted molar refractivity (Wildman–Crippen MR) is 246 cm³/mol. The highest BCUT2D eigenvalue weighted by Crippen LogP contribution is 2.27. The van der Waals surface area contributed by atoms with E-state index in [9.17, 15) is 0 Å². The van der Waals surface area contributed by atoms with Crippen LogP contribution in [0.15, 0.2) is 84.9 Å². The molecule has 53 heavy (non-hydrogen) atoms. The minimum Gasteiger partial charge on any atom is -0.333 e. The summed E-state index contributed by atoms with van der Waals surface area (Å²) < 4.78 is 0. The molecule has 3 aromatic carbocycles. The molecule has 0 aromatic heterocycles. The number of likely N-dealkylation sites (tertiary alicyclic amines) is 1. The molecule has 2 nitrogen and oxygen atoms in total. The maximum Gasteiger partial charge on any atom is 0.00610 e. The Morgan fingerprint density at radius 2 is 1.08 bits per heavy atom. The SMILES string of the molecule is CC.CC.CC.CC(c1ccccc1)c1ccccc1.CCCC1CCCCC1.CCCCCc1ccccc1C.CCCN1CCC(C)CC1.CN. The van der Waals surface area contributed by atoms with Gasteiger partial charge in [0.1, 0.15) is 0 Å². The normalized spacial score (nSPS) is 13.7. The number of unbranched alkanes of at least 4 members (excludes halogenated alkanes) is 2. The van der Waals surface area contributed by atoms with E-state index >= 15 is 0 Å². The number of piperidine rings is 1. The van der Waals surface area contributed by atoms with Gasteiger partial charge in [0.05, 0.1) is 0 Å². The molecule has 2 N–H and O–H groups in total. The molecule has 2 fully saturated rings. The van der Waals surface area contributed by atoms with Crippen LogP contribution in [0.2, 0.25) is 0 Å². The Kier molecular flexibility index (Phi) is 43.9. The number of hydrogen-bond donors (Lipinski definition) is 1. The van der Waals surface area contributed by atoms with Gasteiger partial charge in [0.25, 0.3) is 0 Å². The van der Waals surface area contributed by atoms with Crippen LogP contribution in [0.1, 0.15) is 188 Å². The van der Waals surface area contributed by atoms with Gasteiger partial charge in [-0.2, -0.15) is 0 Å². The molecule has 3 aromatic rings. The third-order valence-corrected chi connectivity index (χ3v) is 9.75. The third-order valence-electron chi connectivity index (χ3n) is 9.75. The van der Waals surface area contributed by atoms with Crippen LogP contribution < -0.4 is 5.73 Å². The Labute approximate surface area is 334 Å². The largest absolute Gasteiger partial charge is 0.333 e. The van der Waals surface area contributed by atoms with E-state index in [4.69, 9.17) is 0 Å². The van der Waals surface area contributed by atoms with Crippen LogP contribution in [0.25, 0.3) is 0 Å². The van der Waals surface area contributed by atoms with Crippen LogP contribution in [0, 0.1) is 18.8 Å². The lowest BCUT2D eigenvalue weighted by atomic mass is 9.86. The van der Waals surface area contributed by atoms with Crippen molar-refractivity contribution in [2.24, 2.45) is 17.6 Å². The number of rotatable bonds is 10. The lowest BCUT2D eigenvalue weighted by molar-refractivity contribution is 0.193. The fourth-order valence-electron chi connectivity index (χ4n) is 6.62. The highest BCUT2D eigenvalue weighted by atomic mass is 15.1. The Hall–Kier alpha value is -2.42. The smallest absolute Gasteiger partial charge is 0.00610 e. The van der Waals surface area contributed by atoms with Gasteiger partial charge in [0, 0.05) is 5.92 Å². The topological polar surface area (TPSA) is 29.3 Å². The molecule has 0 bridgehead atoms. The highest BCUT2D eigenvalue weighted by Gasteiger charge is 2.14. The Morgan fingerprint density at radius 1 is 0.604 bits per heavy atom. The molecule has 1 saturated carbocycles. The third kappa shape index (κ3) is 29.6. The van der Waals surface area contributed by atoms with Crippen molar-refractivity contribution in [3.63, 3.8) is 0 Å². The molecule has 0 amide bonds. The first-order valence-electron chi connectivity index (χ1n) is 22.4. The molecule has 1 saturated heterocycles. The first-order valence-corrected chi connectivity index (χ1v) is 22.4. The zero-order chi connectivity index (χ0) is 40.5. The summed E-state index contributed by atoms with van der Waals surface area (Å²) in [6.45, 7) is 29.6. The van der Waals surface area contributed by atoms with Crippen molar-refractivity contribution in [3.05, 3.63) is 107 Å². The number of nitrogens with zero attached hydrogens (tertiary/aromatic N) is 1. The highest BCUT2D eigenvalue weighted by molar-refractivity contribution is 5.31. The first kappa shape index (κ1) is 54.9. The molecule has 1 aliphatic heterocycles. The van der Waals surface area contributed by atoms with Gasteiger partial charge in [-0.05, 0) is 99.8 Å². The molecule has 0 unspecified atom stereocenters. The average molecular weight is 733 g/mol. The standard InChI is InChI=1S/C14H14.C12H18.C9H19N.C9H18.3C2H6.CH5N/c1-12(13-8-4-2-5-9-13)14-10-6-3-7-11-14;1-3-4-5-9-12-10-7-6-8-11(12)2;1-3-6-10-7-4-9(2)5-8-10;1-2-6-9-7-4-3-5-8-9;4*1-2/h2-12H,1H3;6-8,10H,3-5,9H2,1-2H3;9H,3-8H2,1-2H3;9H,2-8H2,1H3;3*1-2H3;2H2,1H3. The maximum absolute atomic E-state index is 4.50. The number of nitrogens with two attached hydrogens (primary N) is 1. The second-order valence-corrected chi connectivity index (χ2v) is 13.7. The van der Waals surface area contributed by atoms with Gasteiger partial charge in [-0.15, -0.1) is 0 Å². The summed E-state index contributed by atoms with van der Waals surface area (Å²) in [5.41, 5.74) is 10.2. The minimum atomic E-state index is 0.484. The van der Waals surface area contributed by atoms with Gasteiger partial charge in [-0.1, -0.05) is 219 Å². The lowest BCUT2D eigenvalue weighted by Crippen LogP contribution is -2.33. The second kappa shape index (κ2) is 42.3. The zero-order valence-electron chi connectivity index (χ0n) is 37.9. The van der Waals surface area contributed by atoms with Gasteiger partial charge in [0.2, 0.25) is 0 Å². The van der Waals surface area contributed by atoms with Crippen molar-refractivity contribution in [2.75, 3.05) is 26.7 Å². The van der Waals surface area contributed by atoms with E-state index in [2.05, 4.69) is 137 Å². The molecule has 1 aliphatic carbocycles. The fraction of sp³-hybridized carbons (Fsp3) is 0.647. The summed E-state index contributed by atoms with van der Waals surface area (Å²) >= 11 is 0. The molecule has 2 heteroatoms. The van der Waals surface area contributed by atoms with Gasteiger partial charge >= 0.3 is 0 Å². The summed E-state index contributed by atoms with van der Waals surface area (Å²) in [6.07, 6.45) is 19.8. The van der Waals surface area contributed by atoms with E-state index in [1.54, 1.807) is 0 Å². The first-order chi connectivity index (χ1) is 26.0. The number of aryl methyl sites for hydroxylation is 2. The monoisotopic (exact) mass is 733 g/mol. The van der Waals surface area contributed by atoms with E-state index in [0.29, 0.717) is 5.92 Å². The van der Waals surface area contributed by atoms with Gasteiger partial charge in [0.15, 0.2) is 0 Å². The van der Waals surface area contributed by atoms with E-state index in [1.165, 1.54) is 139 Å². The van der Waals surface area contributed by atoms with Crippen LogP contribution in [0.4, 0.5) is 0 Å². The Morgan fingerprint density at radius 3 is 1.51 bits per heavy atom. The van der Waals surface area contributed by atoms with Crippen LogP contribution in [0.5, 0.6) is 0 Å². The average Bonchev–Trinajstić information content (AvgIpc) is 3.24. The van der Waals surface area contributed by atoms with Crippen molar-refractivity contribution in [2.45, 2.75) is 179 Å². The fourth-order valence-corrected chi connectivity index (χ4v) is 6.62. The van der Waals surface area contributed by atoms with Gasteiger partial charge in [-0.3, -0.25) is 0 Å². The molecule has 5 rings (SSSR count). The lowest BCUT2D eigenvalue weighted by Gasteiger charge is -2.29. The van der Waals surface area contributed by atoms with Crippen molar-refractivity contribution >= 4 is 0 Å². The van der Waals surface area contributed by atoms with Crippen LogP contribution in [-0.2, 0) is 6.42 Å². The molecule has 2 aliphatic rings. The van der Waals surface area contributed by atoms with Gasteiger partial charge in [-0.25, -0.2) is 0 Å². The molecular formula is C51H92N2. The van der Waals surface area contributed by atoms with E-state index in [-0.39, 0.29) is 0 Å². The Balaban J connectivity index is -0.000000596. The Bertz CT molecular complexity index is 1020. The quantitative estimate of drug-likeness (QED) is 0.210. The van der Waals surface area contributed by atoms with Crippen molar-refractivity contribution in [3.8, 4) is 0 Å². The number of hydrogen-bond acceptors (Lipinski definition) is 2. The van der Waals surface area contributed by atoms with Crippen LogP contribution >= 0.6 is 0 Å². The predicted octanol–water partition coefficient (Wildman–Crippen LogP) is 15.7. The molecule has 0 radical (unpaired) electrons. The summed E-state index contributed by atoms with van der Waals surface area (Å²) in [4.78, 5) is 2.58. The summed E-state index contributed by atoms with van der Waals surface area (Å²) in [5, 5.41) is 0. The van der Waals surface area contributed by atoms with E-state index < -0.39 is 0 Å². The van der Waals surface area contributed by atoms with E-state index in [1.807, 2.05) is 41.5 Å². The van der Waals surface area contributed by atoms with Crippen molar-refractivity contribution in [1.29, 1.82) is 0 Å². The van der Waals surface area contributed by atoms with Crippen LogP contribution in [-0.4, -0.2) is 31.6 Å². The van der Waals surface area contributed by atoms with Crippen LogP contribution in [0.3, 0.4) is 0 Å². The van der Waals surface area contributed by atoms with E-state index in [0.717, 1.165) is 11.8 Å². The second-order valence-electron chi connectivity index (χ2n) is 13.7. The minimum absolute atomic E-state index is 0.484. The van der Waals surface area contributed by atoms with Crippen molar-refractivity contribution in [1.82, 2.24) is 4.90 Å². The van der Waals surface area contributed by atoms with Gasteiger partial charge < -0.3 is 10.6 Å². The zero-order valence-corrected chi connectivity index (χ0v) is 37.9. The molecule has 1 heterocycles. The summed E-state index contributed by atoms with van der Waals surface area (Å²) in [7, 11) is 1.50. The molecule has 306 valence electrons. The molecular weight excluding hydrogens is 641 g/mol. The summed E-state index contributed by atoms with van der Waals surface area (Å²) in [5.74, 6) is 2.56. The van der Waals surface area contributed by atoms with Crippen molar-refractivity contribution < 1.29 is 0 Å². The number of benzene rings is 3.